The van der Waals surface area contributed by atoms with Gasteiger partial charge < -0.3 is 10.1 Å². The molecule has 2 atom stereocenters. The van der Waals surface area contributed by atoms with Gasteiger partial charge >= 0.3 is 6.09 Å². The van der Waals surface area contributed by atoms with Gasteiger partial charge in [-0.25, -0.2) is 4.79 Å². The maximum absolute atomic E-state index is 11.4. The van der Waals surface area contributed by atoms with Gasteiger partial charge in [0, 0.05) is 22.6 Å². The van der Waals surface area contributed by atoms with E-state index in [-0.39, 0.29) is 6.04 Å². The Morgan fingerprint density at radius 1 is 1.50 bits per heavy atom. The Bertz CT molecular complexity index is 281. The van der Waals surface area contributed by atoms with Gasteiger partial charge in [-0.15, -0.1) is 0 Å². The summed E-state index contributed by atoms with van der Waals surface area (Å²) < 4.78 is 16.4. The average Bonchev–Trinajstić information content (AvgIpc) is 1.98. The zero-order valence-electron chi connectivity index (χ0n) is 10.6. The minimum Gasteiger partial charge on any atom is -0.444 e. The van der Waals surface area contributed by atoms with Crippen molar-refractivity contribution >= 4 is 16.9 Å². The fourth-order valence-corrected chi connectivity index (χ4v) is 1.99. The highest BCUT2D eigenvalue weighted by Crippen LogP contribution is 2.06. The summed E-state index contributed by atoms with van der Waals surface area (Å²) in [5, 5.41) is 4.24. The molecule has 0 bridgehead atoms. The summed E-state index contributed by atoms with van der Waals surface area (Å²) in [6.45, 7) is 9.01. The van der Waals surface area contributed by atoms with Crippen molar-refractivity contribution in [1.82, 2.24) is 5.32 Å². The molecule has 0 aromatic rings. The van der Waals surface area contributed by atoms with Gasteiger partial charge in [0.2, 0.25) is 0 Å². The van der Waals surface area contributed by atoms with Crippen LogP contribution in [0.4, 0.5) is 4.79 Å². The maximum Gasteiger partial charge on any atom is 0.407 e. The molecule has 0 aromatic carbocycles. The lowest BCUT2D eigenvalue weighted by molar-refractivity contribution is 0.0513. The van der Waals surface area contributed by atoms with Crippen molar-refractivity contribution in [3.05, 3.63) is 11.5 Å². The van der Waals surface area contributed by atoms with E-state index in [4.69, 9.17) is 4.74 Å². The molecule has 0 aliphatic carbocycles. The van der Waals surface area contributed by atoms with Crippen LogP contribution in [-0.2, 0) is 15.5 Å². The van der Waals surface area contributed by atoms with Gasteiger partial charge in [0.15, 0.2) is 0 Å². The summed E-state index contributed by atoms with van der Waals surface area (Å²) in [6, 6.07) is -0.174. The Labute approximate surface area is 99.9 Å². The highest BCUT2D eigenvalue weighted by Gasteiger charge is 2.18. The lowest BCUT2D eigenvalue weighted by atomic mass is 10.2. The van der Waals surface area contributed by atoms with E-state index in [2.05, 4.69) is 5.32 Å². The zero-order valence-corrected chi connectivity index (χ0v) is 11.4. The molecule has 94 valence electrons. The first-order chi connectivity index (χ1) is 7.24. The largest absolute Gasteiger partial charge is 0.444 e. The number of ether oxygens (including phenoxy) is 1. The number of hydrogen-bond acceptors (Lipinski definition) is 3. The van der Waals surface area contributed by atoms with Crippen LogP contribution < -0.4 is 5.32 Å². The summed E-state index contributed by atoms with van der Waals surface area (Å²) in [5.74, 6) is 0.392. The molecular weight excluding hydrogens is 226 g/mol. The molecule has 4 nitrogen and oxygen atoms in total. The predicted octanol–water partition coefficient (Wildman–Crippen LogP) is 2.18. The molecule has 0 aliphatic heterocycles. The molecule has 1 N–H and O–H groups in total. The van der Waals surface area contributed by atoms with Crippen LogP contribution in [-0.4, -0.2) is 27.7 Å². The number of rotatable bonds is 4. The highest BCUT2D eigenvalue weighted by atomic mass is 32.2. The molecule has 1 amide bonds. The van der Waals surface area contributed by atoms with Crippen molar-refractivity contribution in [3.8, 4) is 0 Å². The topological polar surface area (TPSA) is 55.4 Å². The minimum absolute atomic E-state index is 0.174. The summed E-state index contributed by atoms with van der Waals surface area (Å²) in [6.07, 6.45) is 1.26. The molecular formula is C11H21NO3S. The summed E-state index contributed by atoms with van der Waals surface area (Å²) in [4.78, 5) is 11.4. The molecule has 0 rings (SSSR count). The molecule has 0 heterocycles. The van der Waals surface area contributed by atoms with Crippen LogP contribution in [0, 0.1) is 0 Å². The second kappa shape index (κ2) is 6.68. The van der Waals surface area contributed by atoms with E-state index in [0.29, 0.717) is 5.75 Å². The number of hydrogen-bond donors (Lipinski definition) is 1. The number of allylic oxidation sites excluding steroid dienone is 1. The van der Waals surface area contributed by atoms with Crippen molar-refractivity contribution in [2.45, 2.75) is 46.3 Å². The van der Waals surface area contributed by atoms with E-state index >= 15 is 0 Å². The van der Waals surface area contributed by atoms with Crippen LogP contribution in [0.1, 0.15) is 34.6 Å². The Morgan fingerprint density at radius 2 is 2.06 bits per heavy atom. The van der Waals surface area contributed by atoms with E-state index in [1.165, 1.54) is 0 Å². The number of carbonyl (C=O) groups is 1. The normalized spacial score (nSPS) is 15.8. The lowest BCUT2D eigenvalue weighted by Gasteiger charge is -2.21. The molecule has 2 unspecified atom stereocenters. The van der Waals surface area contributed by atoms with Gasteiger partial charge in [-0.2, -0.15) is 0 Å². The molecule has 16 heavy (non-hydrogen) atoms. The van der Waals surface area contributed by atoms with Gasteiger partial charge in [-0.05, 0) is 40.0 Å². The van der Waals surface area contributed by atoms with Gasteiger partial charge in [-0.3, -0.25) is 4.21 Å². The first-order valence-electron chi connectivity index (χ1n) is 5.24. The van der Waals surface area contributed by atoms with Crippen LogP contribution in [0.25, 0.3) is 0 Å². The average molecular weight is 247 g/mol. The number of carbonyl (C=O) groups excluding carboxylic acids is 1. The Morgan fingerprint density at radius 3 is 2.50 bits per heavy atom. The monoisotopic (exact) mass is 247 g/mol. The standard InChI is InChI=1S/C11H21NO3S/c1-6-7-16(14)8-9(2)12-10(13)15-11(3,4)5/h6-7,9H,8H2,1-5H3,(H,12,13)/b7-6+. The van der Waals surface area contributed by atoms with Crippen molar-refractivity contribution in [2.24, 2.45) is 0 Å². The van der Waals surface area contributed by atoms with E-state index < -0.39 is 22.5 Å². The number of amides is 1. The molecule has 0 radical (unpaired) electrons. The van der Waals surface area contributed by atoms with E-state index in [9.17, 15) is 9.00 Å². The summed E-state index contributed by atoms with van der Waals surface area (Å²) in [7, 11) is -1.04. The zero-order chi connectivity index (χ0) is 12.8. The van der Waals surface area contributed by atoms with Crippen molar-refractivity contribution in [3.63, 3.8) is 0 Å². The molecule has 0 fully saturated rings. The fraction of sp³-hybridized carbons (Fsp3) is 0.727. The van der Waals surface area contributed by atoms with Crippen molar-refractivity contribution in [2.75, 3.05) is 5.75 Å². The summed E-state index contributed by atoms with van der Waals surface area (Å²) >= 11 is 0. The first-order valence-corrected chi connectivity index (χ1v) is 6.62. The quantitative estimate of drug-likeness (QED) is 0.828. The number of nitrogens with one attached hydrogen (secondary N) is 1. The number of alkyl carbamates (subject to hydrolysis) is 1. The van der Waals surface area contributed by atoms with Crippen LogP contribution in [0.3, 0.4) is 0 Å². The van der Waals surface area contributed by atoms with E-state index in [1.54, 1.807) is 39.2 Å². The lowest BCUT2D eigenvalue weighted by Crippen LogP contribution is -2.39. The Balaban J connectivity index is 4.01. The van der Waals surface area contributed by atoms with E-state index in [0.717, 1.165) is 0 Å². The minimum atomic E-state index is -1.04. The third-order valence-electron chi connectivity index (χ3n) is 1.47. The van der Waals surface area contributed by atoms with Gasteiger partial charge in [-0.1, -0.05) is 6.08 Å². The van der Waals surface area contributed by atoms with Crippen LogP contribution in [0.2, 0.25) is 0 Å². The SMILES string of the molecule is C/C=C/S(=O)CC(C)NC(=O)OC(C)(C)C. The Kier molecular flexibility index (Phi) is 6.33. The van der Waals surface area contributed by atoms with Gasteiger partial charge in [0.05, 0.1) is 0 Å². The van der Waals surface area contributed by atoms with Gasteiger partial charge in [0.1, 0.15) is 5.60 Å². The molecule has 5 heteroatoms. The van der Waals surface area contributed by atoms with E-state index in [1.807, 2.05) is 6.92 Å². The van der Waals surface area contributed by atoms with Gasteiger partial charge in [0.25, 0.3) is 0 Å². The fourth-order valence-electron chi connectivity index (χ4n) is 1.00. The predicted molar refractivity (Wildman–Crippen MR) is 66.7 cm³/mol. The molecule has 0 aliphatic rings. The maximum atomic E-state index is 11.4. The molecule has 0 aromatic heterocycles. The highest BCUT2D eigenvalue weighted by molar-refractivity contribution is 7.88. The molecule has 0 spiro atoms. The van der Waals surface area contributed by atoms with Crippen LogP contribution >= 0.6 is 0 Å². The second-order valence-electron chi connectivity index (χ2n) is 4.56. The second-order valence-corrected chi connectivity index (χ2v) is 5.93. The van der Waals surface area contributed by atoms with Crippen molar-refractivity contribution < 1.29 is 13.7 Å². The summed E-state index contributed by atoms with van der Waals surface area (Å²) in [5.41, 5.74) is -0.508. The smallest absolute Gasteiger partial charge is 0.407 e. The third kappa shape index (κ3) is 8.47. The molecule has 0 saturated heterocycles. The van der Waals surface area contributed by atoms with Crippen LogP contribution in [0.5, 0.6) is 0 Å². The third-order valence-corrected chi connectivity index (χ3v) is 2.87. The van der Waals surface area contributed by atoms with Crippen LogP contribution in [0.15, 0.2) is 11.5 Å². The first kappa shape index (κ1) is 15.2. The molecule has 0 saturated carbocycles. The Hall–Kier alpha value is -0.840. The van der Waals surface area contributed by atoms with Crippen molar-refractivity contribution in [1.29, 1.82) is 0 Å².